The Morgan fingerprint density at radius 2 is 2.50 bits per heavy atom. The summed E-state index contributed by atoms with van der Waals surface area (Å²) in [6.07, 6.45) is 4.60. The predicted octanol–water partition coefficient (Wildman–Crippen LogP) is 1.67. The fraction of sp³-hybridized carbons (Fsp3) is 0.750. The van der Waals surface area contributed by atoms with E-state index in [0.717, 1.165) is 31.9 Å². The molecule has 1 atom stereocenters. The molecule has 0 radical (unpaired) electrons. The summed E-state index contributed by atoms with van der Waals surface area (Å²) in [5.74, 6) is 1.37. The summed E-state index contributed by atoms with van der Waals surface area (Å²) >= 11 is 0. The molecular formula is C12H21N3O. The van der Waals surface area contributed by atoms with E-state index in [-0.39, 0.29) is 6.10 Å². The lowest BCUT2D eigenvalue weighted by Gasteiger charge is -2.22. The molecule has 1 fully saturated rings. The topological polar surface area (TPSA) is 39.1 Å². The maximum Gasteiger partial charge on any atom is 0.233 e. The van der Waals surface area contributed by atoms with Gasteiger partial charge < -0.3 is 10.1 Å². The monoisotopic (exact) mass is 223 g/mol. The highest BCUT2D eigenvalue weighted by molar-refractivity contribution is 5.06. The zero-order valence-electron chi connectivity index (χ0n) is 10.1. The van der Waals surface area contributed by atoms with Crippen LogP contribution in [0.3, 0.4) is 0 Å². The van der Waals surface area contributed by atoms with Gasteiger partial charge in [-0.1, -0.05) is 13.8 Å². The van der Waals surface area contributed by atoms with E-state index < -0.39 is 0 Å². The smallest absolute Gasteiger partial charge is 0.233 e. The maximum absolute atomic E-state index is 5.82. The molecule has 4 heteroatoms. The van der Waals surface area contributed by atoms with E-state index in [1.807, 2.05) is 16.9 Å². The summed E-state index contributed by atoms with van der Waals surface area (Å²) in [6, 6.07) is 1.96. The van der Waals surface area contributed by atoms with E-state index in [2.05, 4.69) is 24.3 Å². The lowest BCUT2D eigenvalue weighted by Crippen LogP contribution is -2.37. The van der Waals surface area contributed by atoms with Gasteiger partial charge in [0, 0.05) is 25.4 Å². The van der Waals surface area contributed by atoms with Crippen LogP contribution in [0, 0.1) is 5.92 Å². The Hall–Kier alpha value is -1.03. The van der Waals surface area contributed by atoms with Crippen LogP contribution in [0.1, 0.15) is 26.7 Å². The molecule has 0 spiro atoms. The van der Waals surface area contributed by atoms with Crippen molar-refractivity contribution in [2.24, 2.45) is 5.92 Å². The fourth-order valence-electron chi connectivity index (χ4n) is 1.97. The van der Waals surface area contributed by atoms with Crippen LogP contribution in [-0.2, 0) is 6.54 Å². The van der Waals surface area contributed by atoms with Crippen LogP contribution < -0.4 is 10.1 Å². The molecule has 2 rings (SSSR count). The Labute approximate surface area is 97.0 Å². The molecule has 1 saturated heterocycles. The second-order valence-corrected chi connectivity index (χ2v) is 4.86. The van der Waals surface area contributed by atoms with Crippen molar-refractivity contribution in [3.05, 3.63) is 12.3 Å². The molecule has 1 aromatic rings. The number of rotatable bonds is 4. The molecule has 1 aliphatic rings. The van der Waals surface area contributed by atoms with Gasteiger partial charge in [-0.2, -0.15) is 0 Å². The van der Waals surface area contributed by atoms with Gasteiger partial charge in [0.2, 0.25) is 5.88 Å². The molecule has 1 unspecified atom stereocenters. The standard InChI is InChI=1S/C12H21N3O/c1-10(2)9-15-7-5-12(14-15)16-11-4-3-6-13-8-11/h5,7,10-11,13H,3-4,6,8-9H2,1-2H3. The van der Waals surface area contributed by atoms with Gasteiger partial charge in [-0.25, -0.2) is 0 Å². The van der Waals surface area contributed by atoms with Gasteiger partial charge in [-0.15, -0.1) is 5.10 Å². The minimum absolute atomic E-state index is 0.288. The van der Waals surface area contributed by atoms with E-state index in [9.17, 15) is 0 Å². The third kappa shape index (κ3) is 3.23. The molecule has 1 N–H and O–H groups in total. The quantitative estimate of drug-likeness (QED) is 0.844. The number of piperidine rings is 1. The van der Waals surface area contributed by atoms with Crippen LogP contribution in [0.25, 0.3) is 0 Å². The third-order valence-electron chi connectivity index (χ3n) is 2.71. The summed E-state index contributed by atoms with van der Waals surface area (Å²) in [5, 5.41) is 7.75. The molecular weight excluding hydrogens is 202 g/mol. The van der Waals surface area contributed by atoms with Crippen LogP contribution in [0.4, 0.5) is 0 Å². The van der Waals surface area contributed by atoms with Crippen LogP contribution in [0.15, 0.2) is 12.3 Å². The van der Waals surface area contributed by atoms with Crippen molar-refractivity contribution in [2.45, 2.75) is 39.3 Å². The molecule has 0 saturated carbocycles. The number of hydrogen-bond donors (Lipinski definition) is 1. The fourth-order valence-corrected chi connectivity index (χ4v) is 1.97. The normalized spacial score (nSPS) is 21.3. The average molecular weight is 223 g/mol. The molecule has 0 amide bonds. The predicted molar refractivity (Wildman–Crippen MR) is 63.6 cm³/mol. The number of aromatic nitrogens is 2. The van der Waals surface area contributed by atoms with Gasteiger partial charge in [0.25, 0.3) is 0 Å². The van der Waals surface area contributed by atoms with Crippen molar-refractivity contribution < 1.29 is 4.74 Å². The van der Waals surface area contributed by atoms with Crippen LogP contribution in [0.5, 0.6) is 5.88 Å². The Balaban J connectivity index is 1.86. The van der Waals surface area contributed by atoms with Crippen molar-refractivity contribution in [3.63, 3.8) is 0 Å². The second-order valence-electron chi connectivity index (χ2n) is 4.86. The van der Waals surface area contributed by atoms with E-state index in [0.29, 0.717) is 5.92 Å². The lowest BCUT2D eigenvalue weighted by molar-refractivity contribution is 0.159. The third-order valence-corrected chi connectivity index (χ3v) is 2.71. The molecule has 1 aromatic heterocycles. The zero-order valence-corrected chi connectivity index (χ0v) is 10.1. The molecule has 16 heavy (non-hydrogen) atoms. The summed E-state index contributed by atoms with van der Waals surface area (Å²) in [6.45, 7) is 7.38. The molecule has 2 heterocycles. The summed E-state index contributed by atoms with van der Waals surface area (Å²) < 4.78 is 7.78. The molecule has 90 valence electrons. The molecule has 1 aliphatic heterocycles. The summed E-state index contributed by atoms with van der Waals surface area (Å²) in [5.41, 5.74) is 0. The van der Waals surface area contributed by atoms with Crippen LogP contribution >= 0.6 is 0 Å². The van der Waals surface area contributed by atoms with Crippen LogP contribution in [0.2, 0.25) is 0 Å². The molecule has 0 aliphatic carbocycles. The first-order valence-electron chi connectivity index (χ1n) is 6.15. The van der Waals surface area contributed by atoms with Crippen LogP contribution in [-0.4, -0.2) is 29.0 Å². The summed E-state index contributed by atoms with van der Waals surface area (Å²) in [4.78, 5) is 0. The molecule has 0 bridgehead atoms. The minimum Gasteiger partial charge on any atom is -0.472 e. The van der Waals surface area contributed by atoms with E-state index >= 15 is 0 Å². The number of nitrogens with one attached hydrogen (secondary N) is 1. The van der Waals surface area contributed by atoms with Crippen molar-refractivity contribution in [1.82, 2.24) is 15.1 Å². The molecule has 4 nitrogen and oxygen atoms in total. The van der Waals surface area contributed by atoms with Crippen molar-refractivity contribution >= 4 is 0 Å². The molecule has 0 aromatic carbocycles. The van der Waals surface area contributed by atoms with Gasteiger partial charge in [-0.05, 0) is 25.3 Å². The van der Waals surface area contributed by atoms with Gasteiger partial charge in [0.15, 0.2) is 0 Å². The largest absolute Gasteiger partial charge is 0.472 e. The zero-order chi connectivity index (χ0) is 11.4. The van der Waals surface area contributed by atoms with Crippen molar-refractivity contribution in [3.8, 4) is 5.88 Å². The SMILES string of the molecule is CC(C)Cn1ccc(OC2CCCNC2)n1. The van der Waals surface area contributed by atoms with Crippen molar-refractivity contribution in [1.29, 1.82) is 0 Å². The van der Waals surface area contributed by atoms with E-state index in [1.54, 1.807) is 0 Å². The van der Waals surface area contributed by atoms with Gasteiger partial charge in [-0.3, -0.25) is 4.68 Å². The lowest BCUT2D eigenvalue weighted by atomic mass is 10.1. The highest BCUT2D eigenvalue weighted by Gasteiger charge is 2.15. The second kappa shape index (κ2) is 5.34. The average Bonchev–Trinajstić information content (AvgIpc) is 2.66. The first kappa shape index (κ1) is 11.5. The van der Waals surface area contributed by atoms with Crippen molar-refractivity contribution in [2.75, 3.05) is 13.1 Å². The van der Waals surface area contributed by atoms with E-state index in [4.69, 9.17) is 4.74 Å². The Morgan fingerprint density at radius 3 is 3.19 bits per heavy atom. The first-order chi connectivity index (χ1) is 7.74. The number of hydrogen-bond acceptors (Lipinski definition) is 3. The van der Waals surface area contributed by atoms with Gasteiger partial charge in [0.1, 0.15) is 6.10 Å². The highest BCUT2D eigenvalue weighted by Crippen LogP contribution is 2.13. The Bertz CT molecular complexity index is 316. The highest BCUT2D eigenvalue weighted by atomic mass is 16.5. The number of ether oxygens (including phenoxy) is 1. The van der Waals surface area contributed by atoms with E-state index in [1.165, 1.54) is 6.42 Å². The maximum atomic E-state index is 5.82. The van der Waals surface area contributed by atoms with Gasteiger partial charge in [0.05, 0.1) is 0 Å². The first-order valence-corrected chi connectivity index (χ1v) is 6.15. The number of nitrogens with zero attached hydrogens (tertiary/aromatic N) is 2. The minimum atomic E-state index is 0.288. The summed E-state index contributed by atoms with van der Waals surface area (Å²) in [7, 11) is 0. The Kier molecular flexibility index (Phi) is 3.83. The van der Waals surface area contributed by atoms with Gasteiger partial charge >= 0.3 is 0 Å². The Morgan fingerprint density at radius 1 is 1.62 bits per heavy atom.